The zero-order valence-electron chi connectivity index (χ0n) is 18.8. The van der Waals surface area contributed by atoms with Gasteiger partial charge in [-0.25, -0.2) is 21.8 Å². The number of fused-ring (bicyclic) bond motifs is 1. The van der Waals surface area contributed by atoms with Gasteiger partial charge >= 0.3 is 0 Å². The number of aliphatic imine (C=N–C) groups is 1. The second kappa shape index (κ2) is 9.09. The van der Waals surface area contributed by atoms with Crippen molar-refractivity contribution in [3.05, 3.63) is 70.5 Å². The monoisotopic (exact) mass is 515 g/mol. The lowest BCUT2D eigenvalue weighted by Gasteiger charge is -2.28. The average molecular weight is 516 g/mol. The third-order valence-corrected chi connectivity index (χ3v) is 8.04. The van der Waals surface area contributed by atoms with Crippen LogP contribution >= 0.6 is 11.6 Å². The highest BCUT2D eigenvalue weighted by Crippen LogP contribution is 2.33. The number of allylic oxidation sites excluding steroid dienone is 1. The van der Waals surface area contributed by atoms with Crippen LogP contribution in [-0.4, -0.2) is 35.4 Å². The number of ketones is 1. The molecule has 2 N–H and O–H groups in total. The molecule has 11 heteroatoms. The zero-order chi connectivity index (χ0) is 24.7. The minimum absolute atomic E-state index is 0.110. The molecule has 3 heterocycles. The second-order valence-corrected chi connectivity index (χ2v) is 11.0. The SMILES string of the molecule is Cc1ccc(S(=O)(=O)n2cc(C3N=CC(F)=C(N[C@H]4CCCC(=O)C4)N3)c3cc(Cl)cnc32)cc1. The molecule has 1 fully saturated rings. The minimum atomic E-state index is -3.97. The Kier molecular flexibility index (Phi) is 6.10. The number of hydrogen-bond donors (Lipinski definition) is 2. The first-order chi connectivity index (χ1) is 16.7. The molecule has 182 valence electrons. The average Bonchev–Trinajstić information content (AvgIpc) is 3.20. The molecule has 1 aliphatic carbocycles. The molecule has 3 aromatic rings. The van der Waals surface area contributed by atoms with E-state index in [1.807, 2.05) is 6.92 Å². The number of rotatable bonds is 5. The van der Waals surface area contributed by atoms with Crippen LogP contribution in [0.3, 0.4) is 0 Å². The van der Waals surface area contributed by atoms with E-state index in [0.29, 0.717) is 28.8 Å². The number of carbonyl (C=O) groups excluding carboxylic acids is 1. The van der Waals surface area contributed by atoms with Crippen LogP contribution < -0.4 is 10.6 Å². The van der Waals surface area contributed by atoms with Crippen molar-refractivity contribution in [2.24, 2.45) is 4.99 Å². The van der Waals surface area contributed by atoms with E-state index in [1.54, 1.807) is 18.2 Å². The van der Waals surface area contributed by atoms with Crippen molar-refractivity contribution in [2.75, 3.05) is 0 Å². The highest BCUT2D eigenvalue weighted by atomic mass is 35.5. The predicted octanol–water partition coefficient (Wildman–Crippen LogP) is 4.15. The van der Waals surface area contributed by atoms with Gasteiger partial charge in [-0.15, -0.1) is 0 Å². The number of aromatic nitrogens is 2. The van der Waals surface area contributed by atoms with Crippen molar-refractivity contribution < 1.29 is 17.6 Å². The number of pyridine rings is 1. The number of benzene rings is 1. The Balaban J connectivity index is 1.52. The number of carbonyl (C=O) groups is 1. The van der Waals surface area contributed by atoms with Crippen LogP contribution in [0.4, 0.5) is 4.39 Å². The third-order valence-electron chi connectivity index (χ3n) is 6.17. The largest absolute Gasteiger partial charge is 0.366 e. The van der Waals surface area contributed by atoms with Crippen LogP contribution in [0, 0.1) is 6.92 Å². The third kappa shape index (κ3) is 4.55. The van der Waals surface area contributed by atoms with E-state index in [4.69, 9.17) is 11.6 Å². The minimum Gasteiger partial charge on any atom is -0.366 e. The van der Waals surface area contributed by atoms with Crippen molar-refractivity contribution in [2.45, 2.75) is 49.7 Å². The lowest BCUT2D eigenvalue weighted by atomic mass is 9.94. The van der Waals surface area contributed by atoms with Crippen molar-refractivity contribution in [3.63, 3.8) is 0 Å². The van der Waals surface area contributed by atoms with E-state index in [9.17, 15) is 17.6 Å². The van der Waals surface area contributed by atoms with Gasteiger partial charge in [0.15, 0.2) is 11.5 Å². The van der Waals surface area contributed by atoms with Crippen LogP contribution in [0.15, 0.2) is 64.3 Å². The number of nitrogens with one attached hydrogen (secondary N) is 2. The van der Waals surface area contributed by atoms with E-state index < -0.39 is 22.0 Å². The van der Waals surface area contributed by atoms with Gasteiger partial charge in [-0.3, -0.25) is 9.79 Å². The molecule has 0 radical (unpaired) electrons. The molecule has 2 atom stereocenters. The fourth-order valence-corrected chi connectivity index (χ4v) is 5.86. The number of Topliss-reactive ketones (excluding diaryl/α,β-unsaturated/α-hetero) is 1. The lowest BCUT2D eigenvalue weighted by molar-refractivity contribution is -0.120. The van der Waals surface area contributed by atoms with Gasteiger partial charge in [-0.1, -0.05) is 29.3 Å². The smallest absolute Gasteiger partial charge is 0.269 e. The van der Waals surface area contributed by atoms with Gasteiger partial charge in [-0.05, 0) is 38.0 Å². The molecule has 1 unspecified atom stereocenters. The Labute approximate surface area is 207 Å². The summed E-state index contributed by atoms with van der Waals surface area (Å²) in [5.41, 5.74) is 1.58. The van der Waals surface area contributed by atoms with Gasteiger partial charge in [0.1, 0.15) is 17.8 Å². The Morgan fingerprint density at radius 2 is 2.03 bits per heavy atom. The first kappa shape index (κ1) is 23.5. The van der Waals surface area contributed by atoms with Gasteiger partial charge in [0.05, 0.1) is 16.1 Å². The molecule has 0 spiro atoms. The first-order valence-corrected chi connectivity index (χ1v) is 13.0. The summed E-state index contributed by atoms with van der Waals surface area (Å²) >= 11 is 6.19. The number of nitrogens with zero attached hydrogens (tertiary/aromatic N) is 3. The van der Waals surface area contributed by atoms with Gasteiger partial charge in [0, 0.05) is 42.2 Å². The van der Waals surface area contributed by atoms with Crippen LogP contribution in [0.1, 0.15) is 43.0 Å². The van der Waals surface area contributed by atoms with Gasteiger partial charge in [0.2, 0.25) is 0 Å². The second-order valence-electron chi connectivity index (χ2n) is 8.75. The fourth-order valence-electron chi connectivity index (χ4n) is 4.37. The molecule has 2 aliphatic rings. The summed E-state index contributed by atoms with van der Waals surface area (Å²) in [6, 6.07) is 7.94. The molecule has 8 nitrogen and oxygen atoms in total. The molecule has 0 bridgehead atoms. The maximum absolute atomic E-state index is 14.6. The van der Waals surface area contributed by atoms with Crippen LogP contribution in [-0.2, 0) is 14.8 Å². The molecule has 0 amide bonds. The molecule has 2 aromatic heterocycles. The van der Waals surface area contributed by atoms with Crippen molar-refractivity contribution in [1.82, 2.24) is 19.6 Å². The molecular weight excluding hydrogens is 493 g/mol. The quantitative estimate of drug-likeness (QED) is 0.529. The van der Waals surface area contributed by atoms with E-state index >= 15 is 0 Å². The van der Waals surface area contributed by atoms with Gasteiger partial charge in [-0.2, -0.15) is 0 Å². The highest BCUT2D eigenvalue weighted by Gasteiger charge is 2.29. The Bertz CT molecular complexity index is 1480. The summed E-state index contributed by atoms with van der Waals surface area (Å²) in [6.45, 7) is 1.87. The van der Waals surface area contributed by atoms with Crippen molar-refractivity contribution in [1.29, 1.82) is 0 Å². The van der Waals surface area contributed by atoms with Crippen LogP contribution in [0.5, 0.6) is 0 Å². The van der Waals surface area contributed by atoms with Crippen LogP contribution in [0.2, 0.25) is 5.02 Å². The molecular formula is C24H23ClFN5O3S. The predicted molar refractivity (Wildman–Crippen MR) is 131 cm³/mol. The molecule has 5 rings (SSSR count). The summed E-state index contributed by atoms with van der Waals surface area (Å²) in [6.07, 6.45) is 5.46. The zero-order valence-corrected chi connectivity index (χ0v) is 20.4. The van der Waals surface area contributed by atoms with Crippen molar-refractivity contribution >= 4 is 44.7 Å². The summed E-state index contributed by atoms with van der Waals surface area (Å²) in [5.74, 6) is -0.339. The molecule has 1 saturated carbocycles. The summed E-state index contributed by atoms with van der Waals surface area (Å²) in [4.78, 5) is 20.4. The summed E-state index contributed by atoms with van der Waals surface area (Å²) in [5, 5.41) is 6.88. The molecule has 1 aromatic carbocycles. The molecule has 1 aliphatic heterocycles. The van der Waals surface area contributed by atoms with E-state index in [0.717, 1.165) is 28.6 Å². The number of hydrogen-bond acceptors (Lipinski definition) is 7. The maximum Gasteiger partial charge on any atom is 0.269 e. The van der Waals surface area contributed by atoms with E-state index in [2.05, 4.69) is 20.6 Å². The Morgan fingerprint density at radius 1 is 1.26 bits per heavy atom. The van der Waals surface area contributed by atoms with Gasteiger partial charge < -0.3 is 10.6 Å². The highest BCUT2D eigenvalue weighted by molar-refractivity contribution is 7.90. The summed E-state index contributed by atoms with van der Waals surface area (Å²) in [7, 11) is -3.97. The van der Waals surface area contributed by atoms with Crippen LogP contribution in [0.25, 0.3) is 11.0 Å². The normalized spacial score (nSPS) is 20.8. The summed E-state index contributed by atoms with van der Waals surface area (Å²) < 4.78 is 42.6. The van der Waals surface area contributed by atoms with E-state index in [1.165, 1.54) is 24.5 Å². The van der Waals surface area contributed by atoms with Gasteiger partial charge in [0.25, 0.3) is 10.0 Å². The Hall–Kier alpha value is -3.24. The standard InChI is InChI=1S/C24H23ClFN5O3S/c1-14-5-7-18(8-6-14)35(33,34)31-13-20(19-9-15(25)11-28-24(19)31)22-27-12-21(26)23(30-22)29-16-3-2-4-17(32)10-16/h5-9,11-13,16,22,29-30H,2-4,10H2,1H3/t16-,22?/m0/s1. The lowest BCUT2D eigenvalue weighted by Crippen LogP contribution is -2.41. The molecule has 0 saturated heterocycles. The number of aryl methyl sites for hydroxylation is 1. The van der Waals surface area contributed by atoms with E-state index in [-0.39, 0.29) is 28.2 Å². The topological polar surface area (TPSA) is 105 Å². The number of halogens is 2. The Morgan fingerprint density at radius 3 is 2.77 bits per heavy atom. The molecule has 35 heavy (non-hydrogen) atoms. The fraction of sp³-hybridized carbons (Fsp3) is 0.292. The van der Waals surface area contributed by atoms with Crippen molar-refractivity contribution in [3.8, 4) is 0 Å². The first-order valence-electron chi connectivity index (χ1n) is 11.2. The maximum atomic E-state index is 14.6.